The fourth-order valence-electron chi connectivity index (χ4n) is 2.38. The summed E-state index contributed by atoms with van der Waals surface area (Å²) in [5.41, 5.74) is 6.73. The van der Waals surface area contributed by atoms with Crippen LogP contribution in [0.3, 0.4) is 0 Å². The molecular weight excluding hydrogens is 320 g/mol. The molecule has 1 aromatic rings. The van der Waals surface area contributed by atoms with E-state index in [1.165, 1.54) is 22.8 Å². The number of ether oxygens (including phenoxy) is 1. The van der Waals surface area contributed by atoms with Gasteiger partial charge in [0.1, 0.15) is 5.75 Å². The molecule has 0 saturated carbocycles. The molecule has 0 aromatic heterocycles. The minimum Gasteiger partial charge on any atom is -0.496 e. The summed E-state index contributed by atoms with van der Waals surface area (Å²) in [5, 5.41) is -0.460. The van der Waals surface area contributed by atoms with E-state index in [1.807, 2.05) is 32.1 Å². The van der Waals surface area contributed by atoms with Gasteiger partial charge >= 0.3 is 0 Å². The van der Waals surface area contributed by atoms with Crippen LogP contribution < -0.4 is 4.74 Å². The Bertz CT molecular complexity index is 735. The Hall–Kier alpha value is -2.06. The van der Waals surface area contributed by atoms with Crippen molar-refractivity contribution in [3.63, 3.8) is 0 Å². The molecule has 24 heavy (non-hydrogen) atoms. The first-order valence-corrected chi connectivity index (χ1v) is 8.19. The van der Waals surface area contributed by atoms with Crippen molar-refractivity contribution in [3.05, 3.63) is 69.8 Å². The number of rotatable bonds is 6. The predicted molar refractivity (Wildman–Crippen MR) is 104 cm³/mol. The van der Waals surface area contributed by atoms with E-state index < -0.39 is 5.24 Å². The average Bonchev–Trinajstić information content (AvgIpc) is 2.50. The molecule has 0 heterocycles. The van der Waals surface area contributed by atoms with Crippen molar-refractivity contribution in [2.75, 3.05) is 7.11 Å². The van der Waals surface area contributed by atoms with Crippen molar-refractivity contribution in [3.8, 4) is 5.75 Å². The number of allylic oxidation sites excluding steroid dienone is 7. The topological polar surface area (TPSA) is 26.3 Å². The summed E-state index contributed by atoms with van der Waals surface area (Å²) >= 11 is 5.31. The summed E-state index contributed by atoms with van der Waals surface area (Å²) in [7, 11) is 1.70. The van der Waals surface area contributed by atoms with Crippen LogP contribution in [-0.4, -0.2) is 12.4 Å². The van der Waals surface area contributed by atoms with Gasteiger partial charge in [0, 0.05) is 6.08 Å². The van der Waals surface area contributed by atoms with E-state index in [0.29, 0.717) is 0 Å². The average molecular weight is 345 g/mol. The van der Waals surface area contributed by atoms with Gasteiger partial charge in [0.2, 0.25) is 5.24 Å². The van der Waals surface area contributed by atoms with Crippen LogP contribution in [0.15, 0.2) is 47.6 Å². The van der Waals surface area contributed by atoms with Gasteiger partial charge in [-0.1, -0.05) is 36.0 Å². The number of carbonyl (C=O) groups excluding carboxylic acids is 1. The second-order valence-electron chi connectivity index (χ2n) is 5.86. The van der Waals surface area contributed by atoms with Crippen LogP contribution in [0.4, 0.5) is 0 Å². The van der Waals surface area contributed by atoms with E-state index in [9.17, 15) is 4.79 Å². The smallest absolute Gasteiger partial charge is 0.245 e. The van der Waals surface area contributed by atoms with E-state index >= 15 is 0 Å². The third-order valence-electron chi connectivity index (χ3n) is 3.90. The molecule has 1 rings (SSSR count). The standard InChI is InChI=1S/C21H25ClO2/c1-14(8-7-9-15(2)12-21(22)23)10-11-19-16(3)13-20(24-6)18(5)17(19)4/h7-13H,1-6H3. The van der Waals surface area contributed by atoms with Gasteiger partial charge in [-0.25, -0.2) is 0 Å². The molecule has 0 unspecified atom stereocenters. The summed E-state index contributed by atoms with van der Waals surface area (Å²) < 4.78 is 5.41. The number of hydrogen-bond acceptors (Lipinski definition) is 2. The lowest BCUT2D eigenvalue weighted by molar-refractivity contribution is -0.107. The van der Waals surface area contributed by atoms with E-state index in [2.05, 4.69) is 39.0 Å². The molecule has 0 atom stereocenters. The Labute approximate surface area is 150 Å². The van der Waals surface area contributed by atoms with Crippen molar-refractivity contribution < 1.29 is 9.53 Å². The predicted octanol–water partition coefficient (Wildman–Crippen LogP) is 5.85. The van der Waals surface area contributed by atoms with Crippen LogP contribution in [0.2, 0.25) is 0 Å². The Kier molecular flexibility index (Phi) is 7.73. The summed E-state index contributed by atoms with van der Waals surface area (Å²) in [5.74, 6) is 0.924. The Morgan fingerprint density at radius 2 is 1.75 bits per heavy atom. The molecule has 1 aromatic carbocycles. The SMILES string of the molecule is COc1cc(C)c(C=CC(C)=CC=CC(C)=CC(=O)Cl)c(C)c1C. The highest BCUT2D eigenvalue weighted by Gasteiger charge is 2.08. The maximum Gasteiger partial charge on any atom is 0.245 e. The first kappa shape index (κ1) is 20.0. The third kappa shape index (κ3) is 5.86. The Morgan fingerprint density at radius 1 is 1.08 bits per heavy atom. The maximum atomic E-state index is 10.8. The molecule has 0 radical (unpaired) electrons. The van der Waals surface area contributed by atoms with Crippen LogP contribution >= 0.6 is 11.6 Å². The number of benzene rings is 1. The Morgan fingerprint density at radius 3 is 2.33 bits per heavy atom. The maximum absolute atomic E-state index is 10.8. The first-order chi connectivity index (χ1) is 11.3. The van der Waals surface area contributed by atoms with E-state index in [4.69, 9.17) is 16.3 Å². The van der Waals surface area contributed by atoms with Gasteiger partial charge < -0.3 is 4.74 Å². The van der Waals surface area contributed by atoms with Crippen LogP contribution in [0.25, 0.3) is 6.08 Å². The van der Waals surface area contributed by atoms with Crippen molar-refractivity contribution >= 4 is 22.9 Å². The van der Waals surface area contributed by atoms with Gasteiger partial charge in [0.25, 0.3) is 0 Å². The molecule has 0 fully saturated rings. The normalized spacial score (nSPS) is 13.1. The minimum absolute atomic E-state index is 0.460. The molecule has 0 N–H and O–H groups in total. The highest BCUT2D eigenvalue weighted by molar-refractivity contribution is 6.66. The van der Waals surface area contributed by atoms with Gasteiger partial charge in [0.05, 0.1) is 7.11 Å². The fraction of sp³-hybridized carbons (Fsp3) is 0.286. The summed E-state index contributed by atoms with van der Waals surface area (Å²) in [6.45, 7) is 10.1. The van der Waals surface area contributed by atoms with Gasteiger partial charge in [-0.05, 0) is 80.1 Å². The minimum atomic E-state index is -0.460. The van der Waals surface area contributed by atoms with Gasteiger partial charge in [0.15, 0.2) is 0 Å². The van der Waals surface area contributed by atoms with Crippen molar-refractivity contribution in [1.29, 1.82) is 0 Å². The van der Waals surface area contributed by atoms with Crippen LogP contribution in [0, 0.1) is 20.8 Å². The fourth-order valence-corrected chi connectivity index (χ4v) is 2.55. The molecule has 0 spiro atoms. The van der Waals surface area contributed by atoms with E-state index in [0.717, 1.165) is 22.5 Å². The van der Waals surface area contributed by atoms with Crippen LogP contribution in [-0.2, 0) is 4.79 Å². The van der Waals surface area contributed by atoms with Crippen molar-refractivity contribution in [1.82, 2.24) is 0 Å². The van der Waals surface area contributed by atoms with E-state index in [1.54, 1.807) is 7.11 Å². The van der Waals surface area contributed by atoms with Crippen molar-refractivity contribution in [2.45, 2.75) is 34.6 Å². The van der Waals surface area contributed by atoms with Crippen LogP contribution in [0.5, 0.6) is 5.75 Å². The molecule has 0 saturated heterocycles. The number of hydrogen-bond donors (Lipinski definition) is 0. The summed E-state index contributed by atoms with van der Waals surface area (Å²) in [4.78, 5) is 10.8. The molecule has 128 valence electrons. The number of methoxy groups -OCH3 is 1. The van der Waals surface area contributed by atoms with Gasteiger partial charge in [-0.2, -0.15) is 0 Å². The second-order valence-corrected chi connectivity index (χ2v) is 6.23. The Balaban J connectivity index is 2.97. The largest absolute Gasteiger partial charge is 0.496 e. The van der Waals surface area contributed by atoms with E-state index in [-0.39, 0.29) is 0 Å². The highest BCUT2D eigenvalue weighted by atomic mass is 35.5. The molecule has 0 amide bonds. The lowest BCUT2D eigenvalue weighted by Gasteiger charge is -2.13. The lowest BCUT2D eigenvalue weighted by Crippen LogP contribution is -1.95. The zero-order valence-corrected chi connectivity index (χ0v) is 16.0. The molecule has 0 bridgehead atoms. The quantitative estimate of drug-likeness (QED) is 0.367. The van der Waals surface area contributed by atoms with Crippen molar-refractivity contribution in [2.24, 2.45) is 0 Å². The summed E-state index contributed by atoms with van der Waals surface area (Å²) in [6, 6.07) is 2.07. The number of carbonyl (C=O) groups is 1. The zero-order chi connectivity index (χ0) is 18.3. The molecule has 0 aliphatic rings. The highest BCUT2D eigenvalue weighted by Crippen LogP contribution is 2.28. The van der Waals surface area contributed by atoms with Gasteiger partial charge in [-0.3, -0.25) is 4.79 Å². The zero-order valence-electron chi connectivity index (χ0n) is 15.2. The second kappa shape index (κ2) is 9.29. The molecule has 0 aliphatic carbocycles. The monoisotopic (exact) mass is 344 g/mol. The summed E-state index contributed by atoms with van der Waals surface area (Å²) in [6.07, 6.45) is 11.4. The molecule has 2 nitrogen and oxygen atoms in total. The number of halogens is 1. The van der Waals surface area contributed by atoms with Gasteiger partial charge in [-0.15, -0.1) is 0 Å². The molecular formula is C21H25ClO2. The molecule has 0 aliphatic heterocycles. The van der Waals surface area contributed by atoms with Crippen LogP contribution in [0.1, 0.15) is 36.1 Å². The lowest BCUT2D eigenvalue weighted by atomic mass is 9.96. The first-order valence-electron chi connectivity index (χ1n) is 7.81. The third-order valence-corrected chi connectivity index (χ3v) is 4.01. The molecule has 3 heteroatoms. The number of aryl methyl sites for hydroxylation is 1.